The first-order chi connectivity index (χ1) is 14.5. The van der Waals surface area contributed by atoms with Crippen LogP contribution in [0.25, 0.3) is 0 Å². The standard InChI is InChI=1S/C20H20Cl2F3N5O/c1-11-8-17(20(23,24)25)28-29(11)7-6-18(31)26-19-12(2)27-30(13(19)3)10-14-4-5-15(21)16(22)9-14/h4-5,8-9H,6-7,10H2,1-3H3,(H,26,31). The fourth-order valence-electron chi connectivity index (χ4n) is 3.13. The van der Waals surface area contributed by atoms with Gasteiger partial charge >= 0.3 is 6.18 Å². The van der Waals surface area contributed by atoms with Crippen molar-refractivity contribution in [1.29, 1.82) is 0 Å². The lowest BCUT2D eigenvalue weighted by atomic mass is 10.2. The quantitative estimate of drug-likeness (QED) is 0.520. The number of alkyl halides is 3. The molecule has 6 nitrogen and oxygen atoms in total. The molecular weight excluding hydrogens is 454 g/mol. The Bertz CT molecular complexity index is 1120. The zero-order valence-electron chi connectivity index (χ0n) is 17.0. The Morgan fingerprint density at radius 2 is 1.77 bits per heavy atom. The highest BCUT2D eigenvalue weighted by molar-refractivity contribution is 6.42. The smallest absolute Gasteiger partial charge is 0.323 e. The first-order valence-electron chi connectivity index (χ1n) is 9.35. The Hall–Kier alpha value is -2.52. The predicted molar refractivity (Wildman–Crippen MR) is 112 cm³/mol. The van der Waals surface area contributed by atoms with Crippen LogP contribution in [0.5, 0.6) is 0 Å². The number of rotatable bonds is 6. The van der Waals surface area contributed by atoms with Gasteiger partial charge in [0.2, 0.25) is 5.91 Å². The first-order valence-corrected chi connectivity index (χ1v) is 10.1. The van der Waals surface area contributed by atoms with E-state index in [1.165, 1.54) is 11.6 Å². The molecule has 0 radical (unpaired) electrons. The maximum absolute atomic E-state index is 12.8. The monoisotopic (exact) mass is 473 g/mol. The lowest BCUT2D eigenvalue weighted by Gasteiger charge is -2.09. The summed E-state index contributed by atoms with van der Waals surface area (Å²) >= 11 is 12.0. The minimum absolute atomic E-state index is 0.0310. The number of nitrogens with zero attached hydrogens (tertiary/aromatic N) is 4. The number of benzene rings is 1. The molecule has 0 bridgehead atoms. The van der Waals surface area contributed by atoms with E-state index in [9.17, 15) is 18.0 Å². The summed E-state index contributed by atoms with van der Waals surface area (Å²) in [6.07, 6.45) is -4.55. The molecule has 0 aliphatic carbocycles. The highest BCUT2D eigenvalue weighted by atomic mass is 35.5. The van der Waals surface area contributed by atoms with E-state index < -0.39 is 11.9 Å². The number of hydrogen-bond donors (Lipinski definition) is 1. The van der Waals surface area contributed by atoms with Gasteiger partial charge in [-0.3, -0.25) is 14.2 Å². The molecule has 0 unspecified atom stereocenters. The van der Waals surface area contributed by atoms with Crippen LogP contribution in [0, 0.1) is 20.8 Å². The van der Waals surface area contributed by atoms with Crippen LogP contribution in [0.3, 0.4) is 0 Å². The molecular formula is C20H20Cl2F3N5O. The van der Waals surface area contributed by atoms with Gasteiger partial charge in [-0.1, -0.05) is 29.3 Å². The van der Waals surface area contributed by atoms with Gasteiger partial charge in [-0.05, 0) is 44.5 Å². The Balaban J connectivity index is 1.66. The van der Waals surface area contributed by atoms with Gasteiger partial charge in [-0.15, -0.1) is 0 Å². The van der Waals surface area contributed by atoms with Gasteiger partial charge in [-0.25, -0.2) is 0 Å². The molecule has 1 aromatic carbocycles. The molecule has 1 amide bonds. The van der Waals surface area contributed by atoms with Gasteiger partial charge in [0.25, 0.3) is 0 Å². The van der Waals surface area contributed by atoms with Crippen molar-refractivity contribution in [2.24, 2.45) is 0 Å². The molecule has 0 spiro atoms. The number of amides is 1. The summed E-state index contributed by atoms with van der Waals surface area (Å²) in [5.74, 6) is -0.344. The molecule has 3 rings (SSSR count). The van der Waals surface area contributed by atoms with Crippen molar-refractivity contribution in [2.45, 2.75) is 46.5 Å². The fraction of sp³-hybridized carbons (Fsp3) is 0.350. The van der Waals surface area contributed by atoms with E-state index in [1.807, 2.05) is 13.0 Å². The third-order valence-corrected chi connectivity index (χ3v) is 5.52. The second-order valence-corrected chi connectivity index (χ2v) is 7.96. The topological polar surface area (TPSA) is 64.7 Å². The van der Waals surface area contributed by atoms with Crippen molar-refractivity contribution in [3.05, 3.63) is 62.6 Å². The van der Waals surface area contributed by atoms with Crippen LogP contribution in [-0.4, -0.2) is 25.5 Å². The van der Waals surface area contributed by atoms with Gasteiger partial charge < -0.3 is 5.32 Å². The maximum atomic E-state index is 12.8. The summed E-state index contributed by atoms with van der Waals surface area (Å²) in [7, 11) is 0. The predicted octanol–water partition coefficient (Wildman–Crippen LogP) is 5.41. The van der Waals surface area contributed by atoms with Crippen LogP contribution >= 0.6 is 23.2 Å². The molecule has 0 atom stereocenters. The van der Waals surface area contributed by atoms with Gasteiger partial charge in [0.15, 0.2) is 5.69 Å². The molecule has 166 valence electrons. The van der Waals surface area contributed by atoms with E-state index in [4.69, 9.17) is 23.2 Å². The summed E-state index contributed by atoms with van der Waals surface area (Å²) in [6.45, 7) is 5.57. The minimum atomic E-state index is -4.52. The Morgan fingerprint density at radius 3 is 2.39 bits per heavy atom. The Labute approximate surface area is 186 Å². The SMILES string of the molecule is Cc1nn(Cc2ccc(Cl)c(Cl)c2)c(C)c1NC(=O)CCn1nc(C(F)(F)F)cc1C. The van der Waals surface area contributed by atoms with E-state index in [0.717, 1.165) is 17.3 Å². The lowest BCUT2D eigenvalue weighted by Crippen LogP contribution is -2.17. The van der Waals surface area contributed by atoms with Crippen LogP contribution in [0.2, 0.25) is 10.0 Å². The van der Waals surface area contributed by atoms with E-state index in [-0.39, 0.29) is 18.9 Å². The Morgan fingerprint density at radius 1 is 1.06 bits per heavy atom. The fourth-order valence-corrected chi connectivity index (χ4v) is 3.45. The second-order valence-electron chi connectivity index (χ2n) is 7.14. The minimum Gasteiger partial charge on any atom is -0.323 e. The molecule has 2 heterocycles. The summed E-state index contributed by atoms with van der Waals surface area (Å²) in [4.78, 5) is 12.4. The molecule has 3 aromatic rings. The van der Waals surface area contributed by atoms with Crippen LogP contribution < -0.4 is 5.32 Å². The van der Waals surface area contributed by atoms with Crippen molar-refractivity contribution in [1.82, 2.24) is 19.6 Å². The maximum Gasteiger partial charge on any atom is 0.435 e. The van der Waals surface area contributed by atoms with Crippen LogP contribution in [0.1, 0.15) is 34.8 Å². The average molecular weight is 474 g/mol. The van der Waals surface area contributed by atoms with Gasteiger partial charge in [-0.2, -0.15) is 23.4 Å². The van der Waals surface area contributed by atoms with E-state index >= 15 is 0 Å². The molecule has 0 aliphatic rings. The molecule has 0 aliphatic heterocycles. The zero-order chi connectivity index (χ0) is 22.9. The summed E-state index contributed by atoms with van der Waals surface area (Å²) < 4.78 is 41.2. The number of halogens is 5. The number of nitrogens with one attached hydrogen (secondary N) is 1. The van der Waals surface area contributed by atoms with Crippen molar-refractivity contribution in [3.63, 3.8) is 0 Å². The third kappa shape index (κ3) is 5.40. The highest BCUT2D eigenvalue weighted by Crippen LogP contribution is 2.28. The lowest BCUT2D eigenvalue weighted by molar-refractivity contribution is -0.141. The van der Waals surface area contributed by atoms with Crippen molar-refractivity contribution >= 4 is 34.8 Å². The number of carbonyl (C=O) groups is 1. The van der Waals surface area contributed by atoms with Gasteiger partial charge in [0.05, 0.1) is 33.7 Å². The molecule has 2 aromatic heterocycles. The number of aryl methyl sites for hydroxylation is 3. The van der Waals surface area contributed by atoms with Crippen molar-refractivity contribution in [3.8, 4) is 0 Å². The zero-order valence-corrected chi connectivity index (χ0v) is 18.5. The molecule has 11 heteroatoms. The van der Waals surface area contributed by atoms with Gasteiger partial charge in [0.1, 0.15) is 0 Å². The number of carbonyl (C=O) groups excluding carboxylic acids is 1. The van der Waals surface area contributed by atoms with Crippen molar-refractivity contribution < 1.29 is 18.0 Å². The second kappa shape index (κ2) is 8.92. The summed E-state index contributed by atoms with van der Waals surface area (Å²) in [5, 5.41) is 11.7. The summed E-state index contributed by atoms with van der Waals surface area (Å²) in [5.41, 5.74) is 2.19. The van der Waals surface area contributed by atoms with Crippen LogP contribution in [0.4, 0.5) is 18.9 Å². The van der Waals surface area contributed by atoms with E-state index in [0.29, 0.717) is 33.7 Å². The molecule has 0 saturated carbocycles. The third-order valence-electron chi connectivity index (χ3n) is 4.78. The van der Waals surface area contributed by atoms with Crippen molar-refractivity contribution in [2.75, 3.05) is 5.32 Å². The van der Waals surface area contributed by atoms with Crippen LogP contribution in [-0.2, 0) is 24.1 Å². The molecule has 0 fully saturated rings. The Kier molecular flexibility index (Phi) is 6.66. The largest absolute Gasteiger partial charge is 0.435 e. The average Bonchev–Trinajstić information content (AvgIpc) is 3.18. The van der Waals surface area contributed by atoms with Gasteiger partial charge in [0, 0.05) is 18.7 Å². The normalized spacial score (nSPS) is 11.7. The first kappa shape index (κ1) is 23.1. The number of hydrogen-bond acceptors (Lipinski definition) is 3. The van der Waals surface area contributed by atoms with E-state index in [2.05, 4.69) is 15.5 Å². The van der Waals surface area contributed by atoms with Crippen LogP contribution in [0.15, 0.2) is 24.3 Å². The highest BCUT2D eigenvalue weighted by Gasteiger charge is 2.34. The number of aromatic nitrogens is 4. The summed E-state index contributed by atoms with van der Waals surface area (Å²) in [6, 6.07) is 6.25. The molecule has 31 heavy (non-hydrogen) atoms. The van der Waals surface area contributed by atoms with E-state index in [1.54, 1.807) is 23.7 Å². The number of anilines is 1. The molecule has 1 N–H and O–H groups in total. The molecule has 0 saturated heterocycles.